The lowest BCUT2D eigenvalue weighted by Crippen LogP contribution is -2.89. The number of ether oxygens (including phenoxy) is 1. The summed E-state index contributed by atoms with van der Waals surface area (Å²) in [7, 11) is 0. The van der Waals surface area contributed by atoms with Gasteiger partial charge in [0, 0.05) is 11.8 Å². The van der Waals surface area contributed by atoms with Crippen LogP contribution in [0, 0.1) is 11.8 Å². The van der Waals surface area contributed by atoms with Crippen LogP contribution in [0.5, 0.6) is 0 Å². The molecule has 1 heterocycles. The number of hydrogen-bond acceptors (Lipinski definition) is 5. The van der Waals surface area contributed by atoms with Gasteiger partial charge in [-0.25, -0.2) is 9.59 Å². The zero-order valence-electron chi connectivity index (χ0n) is 12.6. The van der Waals surface area contributed by atoms with Crippen LogP contribution in [-0.4, -0.2) is 41.2 Å². The van der Waals surface area contributed by atoms with Gasteiger partial charge in [-0.05, 0) is 33.6 Å². The molecule has 0 radical (unpaired) electrons. The molecule has 0 unspecified atom stereocenters. The van der Waals surface area contributed by atoms with Crippen molar-refractivity contribution in [3.05, 3.63) is 0 Å². The molecule has 7 heteroatoms. The summed E-state index contributed by atoms with van der Waals surface area (Å²) in [5.41, 5.74) is -0.346. The molecule has 120 valence electrons. The predicted octanol–water partition coefficient (Wildman–Crippen LogP) is -1.49. The molecule has 3 N–H and O–H groups in total. The Morgan fingerprint density at radius 2 is 1.81 bits per heavy atom. The average molecular weight is 301 g/mol. The van der Waals surface area contributed by atoms with Gasteiger partial charge in [0.25, 0.3) is 0 Å². The molecule has 0 aromatic heterocycles. The summed E-state index contributed by atoms with van der Waals surface area (Å²) in [6.45, 7) is 6.93. The normalized spacial score (nSPS) is 27.3. The van der Waals surface area contributed by atoms with Crippen LogP contribution in [0.25, 0.3) is 0 Å². The number of carboxylic acids is 2. The van der Waals surface area contributed by atoms with E-state index in [0.717, 1.165) is 12.5 Å². The molecule has 0 aromatic carbocycles. The molecule has 2 fully saturated rings. The summed E-state index contributed by atoms with van der Waals surface area (Å²) in [6.07, 6.45) is 3.81. The fourth-order valence-electron chi connectivity index (χ4n) is 2.97. The lowest BCUT2D eigenvalue weighted by Gasteiger charge is -2.22. The van der Waals surface area contributed by atoms with Gasteiger partial charge in [-0.15, -0.1) is 0 Å². The fraction of sp³-hybridized carbons (Fsp3) is 0.786. The molecule has 3 atom stereocenters. The second-order valence-corrected chi connectivity index (χ2v) is 6.48. The molecule has 7 nitrogen and oxygen atoms in total. The summed E-state index contributed by atoms with van der Waals surface area (Å²) < 4.78 is 5.46. The summed E-state index contributed by atoms with van der Waals surface area (Å²) in [4.78, 5) is 30.0. The summed E-state index contributed by atoms with van der Waals surface area (Å²) in [6, 6.07) is 0.0803. The topological polar surface area (TPSA) is 120 Å². The summed E-state index contributed by atoms with van der Waals surface area (Å²) in [5, 5.41) is 18.5. The van der Waals surface area contributed by atoms with Crippen molar-refractivity contribution in [1.82, 2.24) is 0 Å². The molecule has 1 saturated heterocycles. The molecule has 2 rings (SSSR count). The Morgan fingerprint density at radius 1 is 1.24 bits per heavy atom. The highest BCUT2D eigenvalue weighted by Crippen LogP contribution is 2.35. The first-order chi connectivity index (χ1) is 9.61. The maximum absolute atomic E-state index is 12.0. The Labute approximate surface area is 123 Å². The van der Waals surface area contributed by atoms with Gasteiger partial charge in [-0.3, -0.25) is 0 Å². The quantitative estimate of drug-likeness (QED) is 0.450. The molecule has 0 aromatic rings. The second kappa shape index (κ2) is 6.89. The smallest absolute Gasteiger partial charge is 0.365 e. The Bertz CT molecular complexity index is 402. The zero-order chi connectivity index (χ0) is 16.2. The minimum atomic E-state index is -2.07. The van der Waals surface area contributed by atoms with Crippen LogP contribution in [0.2, 0.25) is 0 Å². The molecule has 21 heavy (non-hydrogen) atoms. The number of carboxylic acid groups (broad SMARTS) is 2. The average Bonchev–Trinajstić information content (AvgIpc) is 2.87. The monoisotopic (exact) mass is 301 g/mol. The molecule has 0 spiro atoms. The molecule has 1 aliphatic heterocycles. The van der Waals surface area contributed by atoms with Gasteiger partial charge in [-0.2, -0.15) is 0 Å². The minimum Gasteiger partial charge on any atom is -0.539 e. The maximum atomic E-state index is 12.0. The molecule has 0 amide bonds. The van der Waals surface area contributed by atoms with E-state index in [1.54, 1.807) is 0 Å². The molecular weight excluding hydrogens is 278 g/mol. The van der Waals surface area contributed by atoms with E-state index < -0.39 is 11.9 Å². The Kier molecular flexibility index (Phi) is 5.71. The first-order valence-corrected chi connectivity index (χ1v) is 7.12. The van der Waals surface area contributed by atoms with Gasteiger partial charge in [0.2, 0.25) is 0 Å². The zero-order valence-corrected chi connectivity index (χ0v) is 12.6. The fourth-order valence-corrected chi connectivity index (χ4v) is 2.97. The molecule has 1 saturated carbocycles. The third-order valence-corrected chi connectivity index (χ3v) is 3.73. The van der Waals surface area contributed by atoms with E-state index in [4.69, 9.17) is 24.5 Å². The third-order valence-electron chi connectivity index (χ3n) is 3.73. The van der Waals surface area contributed by atoms with Crippen molar-refractivity contribution < 1.29 is 34.7 Å². The maximum Gasteiger partial charge on any atom is 0.365 e. The lowest BCUT2D eigenvalue weighted by molar-refractivity contribution is -0.664. The van der Waals surface area contributed by atoms with Crippen molar-refractivity contribution in [2.45, 2.75) is 51.7 Å². The van der Waals surface area contributed by atoms with E-state index in [1.807, 2.05) is 20.8 Å². The Hall–Kier alpha value is -1.63. The number of carbonyl (C=O) groups excluding carboxylic acids is 2. The van der Waals surface area contributed by atoms with Crippen LogP contribution >= 0.6 is 0 Å². The van der Waals surface area contributed by atoms with Crippen molar-refractivity contribution in [2.75, 3.05) is 6.54 Å². The number of carbonyl (C=O) groups is 3. The SMILES string of the molecule is CC(C)(C)OC(=O)[C@H]1[NH2+]C[C@@H]2CCC[C@@H]21.O=C([O-])C(=O)O. The van der Waals surface area contributed by atoms with E-state index in [-0.39, 0.29) is 17.6 Å². The number of aliphatic carboxylic acids is 2. The van der Waals surface area contributed by atoms with Gasteiger partial charge in [-0.1, -0.05) is 6.42 Å². The predicted molar refractivity (Wildman–Crippen MR) is 69.9 cm³/mol. The van der Waals surface area contributed by atoms with Gasteiger partial charge < -0.3 is 25.1 Å². The number of rotatable bonds is 1. The Morgan fingerprint density at radius 3 is 2.29 bits per heavy atom. The van der Waals surface area contributed by atoms with Gasteiger partial charge in [0.15, 0.2) is 12.0 Å². The number of fused-ring (bicyclic) bond motifs is 1. The number of hydrogen-bond donors (Lipinski definition) is 2. The molecule has 2 aliphatic rings. The van der Waals surface area contributed by atoms with Crippen LogP contribution < -0.4 is 10.4 Å². The lowest BCUT2D eigenvalue weighted by atomic mass is 9.94. The van der Waals surface area contributed by atoms with Crippen LogP contribution in [0.3, 0.4) is 0 Å². The van der Waals surface area contributed by atoms with Crippen LogP contribution in [0.1, 0.15) is 40.0 Å². The largest absolute Gasteiger partial charge is 0.539 e. The highest BCUT2D eigenvalue weighted by Gasteiger charge is 2.47. The molecule has 1 aliphatic carbocycles. The van der Waals surface area contributed by atoms with E-state index in [1.165, 1.54) is 19.3 Å². The van der Waals surface area contributed by atoms with Crippen molar-refractivity contribution in [2.24, 2.45) is 11.8 Å². The van der Waals surface area contributed by atoms with Crippen molar-refractivity contribution in [3.8, 4) is 0 Å². The minimum absolute atomic E-state index is 0.00287. The van der Waals surface area contributed by atoms with E-state index in [9.17, 15) is 4.79 Å². The highest BCUT2D eigenvalue weighted by atomic mass is 16.6. The van der Waals surface area contributed by atoms with Crippen molar-refractivity contribution in [3.63, 3.8) is 0 Å². The van der Waals surface area contributed by atoms with Gasteiger partial charge >= 0.3 is 11.9 Å². The number of quaternary nitrogens is 1. The van der Waals surface area contributed by atoms with Crippen molar-refractivity contribution in [1.29, 1.82) is 0 Å². The van der Waals surface area contributed by atoms with E-state index in [0.29, 0.717) is 5.92 Å². The molecule has 0 bridgehead atoms. The van der Waals surface area contributed by atoms with Gasteiger partial charge in [0.05, 0.1) is 6.54 Å². The summed E-state index contributed by atoms with van der Waals surface area (Å²) >= 11 is 0. The first-order valence-electron chi connectivity index (χ1n) is 7.12. The molecular formula is C14H23NO6. The number of nitrogens with two attached hydrogens (primary N) is 1. The van der Waals surface area contributed by atoms with E-state index >= 15 is 0 Å². The highest BCUT2D eigenvalue weighted by molar-refractivity contribution is 6.26. The van der Waals surface area contributed by atoms with Crippen LogP contribution in [0.15, 0.2) is 0 Å². The Balaban J connectivity index is 0.000000315. The second-order valence-electron chi connectivity index (χ2n) is 6.48. The number of esters is 1. The van der Waals surface area contributed by atoms with Gasteiger partial charge in [0.1, 0.15) is 5.60 Å². The first kappa shape index (κ1) is 17.4. The van der Waals surface area contributed by atoms with Crippen LogP contribution in [-0.2, 0) is 19.1 Å². The van der Waals surface area contributed by atoms with Crippen molar-refractivity contribution >= 4 is 17.9 Å². The van der Waals surface area contributed by atoms with E-state index in [2.05, 4.69) is 5.32 Å². The third kappa shape index (κ3) is 5.34. The standard InChI is InChI=1S/C12H21NO2.C2H2O4/c1-12(2,3)15-11(14)10-9-6-4-5-8(9)7-13-10;3-1(4)2(5)6/h8-10,13H,4-7H2,1-3H3;(H,3,4)(H,5,6)/t8-,9-,10-;/m0./s1. The summed E-state index contributed by atoms with van der Waals surface area (Å²) in [5.74, 6) is -2.66. The van der Waals surface area contributed by atoms with Crippen LogP contribution in [0.4, 0.5) is 0 Å².